The number of aliphatic hydroxyl groups is 1. The van der Waals surface area contributed by atoms with E-state index in [0.717, 1.165) is 0 Å². The van der Waals surface area contributed by atoms with Crippen LogP contribution in [-0.4, -0.2) is 48.8 Å². The van der Waals surface area contributed by atoms with Crippen molar-refractivity contribution in [3.63, 3.8) is 0 Å². The number of ether oxygens (including phenoxy) is 3. The molecule has 1 aromatic carbocycles. The van der Waals surface area contributed by atoms with E-state index in [1.165, 1.54) is 27.0 Å². The Labute approximate surface area is 140 Å². The molecule has 0 atom stereocenters. The van der Waals surface area contributed by atoms with Crippen molar-refractivity contribution in [1.82, 2.24) is 0 Å². The number of ketones is 1. The lowest BCUT2D eigenvalue weighted by atomic mass is 9.97. The van der Waals surface area contributed by atoms with E-state index in [2.05, 4.69) is 4.74 Å². The molecular formula is C17H22O7. The van der Waals surface area contributed by atoms with Gasteiger partial charge in [0.25, 0.3) is 0 Å². The molecule has 0 heterocycles. The summed E-state index contributed by atoms with van der Waals surface area (Å²) in [7, 11) is 1.25. The van der Waals surface area contributed by atoms with Crippen LogP contribution < -0.4 is 4.74 Å². The highest BCUT2D eigenvalue weighted by Gasteiger charge is 2.25. The molecule has 7 nitrogen and oxygen atoms in total. The number of hydrogen-bond acceptors (Lipinski definition) is 7. The maximum atomic E-state index is 12.0. The molecule has 0 radical (unpaired) electrons. The number of methoxy groups -OCH3 is 1. The number of esters is 2. The summed E-state index contributed by atoms with van der Waals surface area (Å²) in [5, 5.41) is 9.73. The Morgan fingerprint density at radius 2 is 1.75 bits per heavy atom. The molecule has 1 aromatic rings. The van der Waals surface area contributed by atoms with E-state index in [1.807, 2.05) is 0 Å². The van der Waals surface area contributed by atoms with Crippen LogP contribution in [0.3, 0.4) is 0 Å². The first kappa shape index (κ1) is 19.6. The zero-order chi connectivity index (χ0) is 18.2. The molecule has 1 rings (SSSR count). The molecule has 0 saturated carbocycles. The first-order valence-electron chi connectivity index (χ1n) is 7.46. The van der Waals surface area contributed by atoms with E-state index in [9.17, 15) is 19.5 Å². The van der Waals surface area contributed by atoms with Gasteiger partial charge in [0.15, 0.2) is 5.78 Å². The summed E-state index contributed by atoms with van der Waals surface area (Å²) in [5.41, 5.74) is -1.14. The van der Waals surface area contributed by atoms with Crippen molar-refractivity contribution in [2.75, 3.05) is 20.3 Å². The maximum Gasteiger partial charge on any atom is 0.306 e. The van der Waals surface area contributed by atoms with Crippen LogP contribution in [0.15, 0.2) is 24.3 Å². The lowest BCUT2D eigenvalue weighted by molar-refractivity contribution is -0.149. The zero-order valence-electron chi connectivity index (χ0n) is 14.0. The Kier molecular flexibility index (Phi) is 7.38. The largest absolute Gasteiger partial charge is 0.490 e. The average molecular weight is 338 g/mol. The monoisotopic (exact) mass is 338 g/mol. The lowest BCUT2D eigenvalue weighted by Gasteiger charge is -2.16. The Balaban J connectivity index is 2.39. The fourth-order valence-electron chi connectivity index (χ4n) is 1.77. The predicted octanol–water partition coefficient (Wildman–Crippen LogP) is 1.52. The lowest BCUT2D eigenvalue weighted by Crippen LogP contribution is -2.31. The highest BCUT2D eigenvalue weighted by atomic mass is 16.6. The van der Waals surface area contributed by atoms with Gasteiger partial charge in [-0.15, -0.1) is 0 Å². The molecule has 7 heteroatoms. The van der Waals surface area contributed by atoms with Crippen molar-refractivity contribution in [3.8, 4) is 5.75 Å². The van der Waals surface area contributed by atoms with Gasteiger partial charge in [-0.1, -0.05) is 12.1 Å². The van der Waals surface area contributed by atoms with Crippen molar-refractivity contribution in [2.45, 2.75) is 32.3 Å². The molecule has 132 valence electrons. The number of benzene rings is 1. The van der Waals surface area contributed by atoms with Crippen LogP contribution in [0.1, 0.15) is 37.0 Å². The summed E-state index contributed by atoms with van der Waals surface area (Å²) in [6.45, 7) is 2.95. The molecule has 24 heavy (non-hydrogen) atoms. The number of carbonyl (C=O) groups is 3. The minimum Gasteiger partial charge on any atom is -0.490 e. The van der Waals surface area contributed by atoms with E-state index in [0.29, 0.717) is 11.3 Å². The van der Waals surface area contributed by atoms with Crippen LogP contribution in [0.2, 0.25) is 0 Å². The Morgan fingerprint density at radius 1 is 1.08 bits per heavy atom. The van der Waals surface area contributed by atoms with Gasteiger partial charge in [0.1, 0.15) is 24.6 Å². The van der Waals surface area contributed by atoms with Gasteiger partial charge in [0.05, 0.1) is 20.0 Å². The van der Waals surface area contributed by atoms with E-state index < -0.39 is 23.3 Å². The molecule has 1 N–H and O–H groups in total. The van der Waals surface area contributed by atoms with Gasteiger partial charge in [-0.3, -0.25) is 14.4 Å². The van der Waals surface area contributed by atoms with Crippen molar-refractivity contribution in [3.05, 3.63) is 29.8 Å². The van der Waals surface area contributed by atoms with Crippen molar-refractivity contribution in [1.29, 1.82) is 0 Å². The van der Waals surface area contributed by atoms with Crippen LogP contribution in [0.25, 0.3) is 0 Å². The summed E-state index contributed by atoms with van der Waals surface area (Å²) >= 11 is 0. The normalized spacial score (nSPS) is 10.8. The fraction of sp³-hybridized carbons (Fsp3) is 0.471. The minimum absolute atomic E-state index is 0.0175. The number of Topliss-reactive ketones (excluding diaryl/α,β-unsaturated/α-hetero) is 1. The van der Waals surface area contributed by atoms with Crippen molar-refractivity contribution in [2.24, 2.45) is 0 Å². The predicted molar refractivity (Wildman–Crippen MR) is 84.8 cm³/mol. The molecular weight excluding hydrogens is 316 g/mol. The van der Waals surface area contributed by atoms with Crippen LogP contribution in [0, 0.1) is 0 Å². The second-order valence-corrected chi connectivity index (χ2v) is 5.56. The van der Waals surface area contributed by atoms with Crippen LogP contribution in [0.5, 0.6) is 5.75 Å². The summed E-state index contributed by atoms with van der Waals surface area (Å²) in [5.74, 6) is -0.982. The maximum absolute atomic E-state index is 12.0. The SMILES string of the molecule is COC(=O)CCC(=O)OCCOc1cccc(C(=O)C(C)(C)O)c1. The number of hydrogen-bond donors (Lipinski definition) is 1. The van der Waals surface area contributed by atoms with Crippen molar-refractivity contribution < 1.29 is 33.7 Å². The molecule has 0 amide bonds. The minimum atomic E-state index is -1.46. The molecule has 0 fully saturated rings. The van der Waals surface area contributed by atoms with Gasteiger partial charge >= 0.3 is 11.9 Å². The third-order valence-electron chi connectivity index (χ3n) is 3.03. The molecule has 0 aliphatic rings. The van der Waals surface area contributed by atoms with E-state index in [1.54, 1.807) is 18.2 Å². The van der Waals surface area contributed by atoms with Gasteiger partial charge in [-0.05, 0) is 26.0 Å². The quantitative estimate of drug-likeness (QED) is 0.414. The number of carbonyl (C=O) groups excluding carboxylic acids is 3. The standard InChI is InChI=1S/C17H22O7/c1-17(2,21)16(20)12-5-4-6-13(11-12)23-9-10-24-15(19)8-7-14(18)22-3/h4-6,11,21H,7-10H2,1-3H3. The second kappa shape index (κ2) is 9.02. The van der Waals surface area contributed by atoms with Gasteiger partial charge < -0.3 is 19.3 Å². The van der Waals surface area contributed by atoms with E-state index in [-0.39, 0.29) is 26.1 Å². The summed E-state index contributed by atoms with van der Waals surface area (Å²) < 4.78 is 14.7. The Hall–Kier alpha value is -2.41. The van der Waals surface area contributed by atoms with E-state index in [4.69, 9.17) is 9.47 Å². The molecule has 0 aromatic heterocycles. The van der Waals surface area contributed by atoms with Gasteiger partial charge in [0, 0.05) is 5.56 Å². The molecule has 0 aliphatic heterocycles. The highest BCUT2D eigenvalue weighted by molar-refractivity contribution is 6.02. The second-order valence-electron chi connectivity index (χ2n) is 5.56. The highest BCUT2D eigenvalue weighted by Crippen LogP contribution is 2.18. The smallest absolute Gasteiger partial charge is 0.306 e. The fourth-order valence-corrected chi connectivity index (χ4v) is 1.77. The molecule has 0 aliphatic carbocycles. The summed E-state index contributed by atoms with van der Waals surface area (Å²) in [4.78, 5) is 34.2. The van der Waals surface area contributed by atoms with Gasteiger partial charge in [-0.25, -0.2) is 0 Å². The van der Waals surface area contributed by atoms with Crippen LogP contribution in [0.4, 0.5) is 0 Å². The summed E-state index contributed by atoms with van der Waals surface area (Å²) in [6, 6.07) is 6.39. The van der Waals surface area contributed by atoms with Crippen molar-refractivity contribution >= 4 is 17.7 Å². The molecule has 0 bridgehead atoms. The Morgan fingerprint density at radius 3 is 2.38 bits per heavy atom. The Bertz CT molecular complexity index is 587. The third-order valence-corrected chi connectivity index (χ3v) is 3.03. The molecule has 0 saturated heterocycles. The van der Waals surface area contributed by atoms with Crippen LogP contribution in [-0.2, 0) is 19.1 Å². The third kappa shape index (κ3) is 6.78. The van der Waals surface area contributed by atoms with Crippen LogP contribution >= 0.6 is 0 Å². The zero-order valence-corrected chi connectivity index (χ0v) is 14.0. The number of rotatable bonds is 9. The van der Waals surface area contributed by atoms with Gasteiger partial charge in [0.2, 0.25) is 0 Å². The average Bonchev–Trinajstić information content (AvgIpc) is 2.55. The summed E-state index contributed by atoms with van der Waals surface area (Å²) in [6.07, 6.45) is -0.0838. The first-order chi connectivity index (χ1) is 11.2. The topological polar surface area (TPSA) is 99.1 Å². The van der Waals surface area contributed by atoms with E-state index >= 15 is 0 Å². The first-order valence-corrected chi connectivity index (χ1v) is 7.46. The molecule has 0 unspecified atom stereocenters. The van der Waals surface area contributed by atoms with Gasteiger partial charge in [-0.2, -0.15) is 0 Å². The molecule has 0 spiro atoms.